The molecule has 1 aromatic rings. The Bertz CT molecular complexity index is 503. The van der Waals surface area contributed by atoms with Crippen molar-refractivity contribution in [2.24, 2.45) is 0 Å². The summed E-state index contributed by atoms with van der Waals surface area (Å²) >= 11 is 0. The molecule has 0 saturated carbocycles. The lowest BCUT2D eigenvalue weighted by Crippen LogP contribution is -2.26. The van der Waals surface area contributed by atoms with Gasteiger partial charge in [0, 0.05) is 6.54 Å². The zero-order chi connectivity index (χ0) is 14.5. The third kappa shape index (κ3) is 4.58. The molecule has 19 heavy (non-hydrogen) atoms. The van der Waals surface area contributed by atoms with E-state index in [4.69, 9.17) is 0 Å². The van der Waals surface area contributed by atoms with Crippen LogP contribution in [-0.4, -0.2) is 15.0 Å². The van der Waals surface area contributed by atoms with E-state index < -0.39 is 15.8 Å². The van der Waals surface area contributed by atoms with Gasteiger partial charge in [0.1, 0.15) is 5.82 Å². The average Bonchev–Trinajstić information content (AvgIpc) is 2.26. The number of sulfonamides is 1. The van der Waals surface area contributed by atoms with E-state index in [1.165, 1.54) is 12.1 Å². The minimum absolute atomic E-state index is 0.199. The molecule has 0 heterocycles. The minimum atomic E-state index is -3.54. The average molecular weight is 287 g/mol. The van der Waals surface area contributed by atoms with Crippen LogP contribution in [0.3, 0.4) is 0 Å². The zero-order valence-electron chi connectivity index (χ0n) is 11.8. The number of benzene rings is 1. The van der Waals surface area contributed by atoms with Gasteiger partial charge in [0.2, 0.25) is 10.0 Å². The molecule has 0 atom stereocenters. The molecule has 5 heteroatoms. The standard InChI is InChI=1S/C14H22FNO2S/c1-4-5-6-7-8-16-19(17,18)14-11(2)9-13(15)10-12(14)3/h9-10,16H,4-8H2,1-3H3. The van der Waals surface area contributed by atoms with Crippen molar-refractivity contribution < 1.29 is 12.8 Å². The first-order valence-electron chi connectivity index (χ1n) is 6.65. The van der Waals surface area contributed by atoms with Gasteiger partial charge in [-0.15, -0.1) is 0 Å². The van der Waals surface area contributed by atoms with Crippen LogP contribution in [0.2, 0.25) is 0 Å². The monoisotopic (exact) mass is 287 g/mol. The van der Waals surface area contributed by atoms with Gasteiger partial charge in [-0.05, 0) is 43.5 Å². The van der Waals surface area contributed by atoms with Gasteiger partial charge in [-0.2, -0.15) is 0 Å². The molecule has 0 aliphatic rings. The Kier molecular flexibility index (Phi) is 5.94. The fraction of sp³-hybridized carbons (Fsp3) is 0.571. The summed E-state index contributed by atoms with van der Waals surface area (Å²) in [5, 5.41) is 0. The maximum absolute atomic E-state index is 13.2. The van der Waals surface area contributed by atoms with Crippen LogP contribution in [0.5, 0.6) is 0 Å². The topological polar surface area (TPSA) is 46.2 Å². The lowest BCUT2D eigenvalue weighted by Gasteiger charge is -2.12. The zero-order valence-corrected chi connectivity index (χ0v) is 12.6. The second kappa shape index (κ2) is 7.01. The van der Waals surface area contributed by atoms with Gasteiger partial charge < -0.3 is 0 Å². The van der Waals surface area contributed by atoms with Crippen molar-refractivity contribution in [3.05, 3.63) is 29.1 Å². The highest BCUT2D eigenvalue weighted by Gasteiger charge is 2.19. The number of rotatable bonds is 7. The highest BCUT2D eigenvalue weighted by atomic mass is 32.2. The summed E-state index contributed by atoms with van der Waals surface area (Å²) < 4.78 is 40.1. The van der Waals surface area contributed by atoms with Crippen molar-refractivity contribution in [3.63, 3.8) is 0 Å². The van der Waals surface area contributed by atoms with Gasteiger partial charge in [-0.3, -0.25) is 0 Å². The SMILES string of the molecule is CCCCCCNS(=O)(=O)c1c(C)cc(F)cc1C. The number of nitrogens with one attached hydrogen (secondary N) is 1. The number of hydrogen-bond acceptors (Lipinski definition) is 2. The van der Waals surface area contributed by atoms with E-state index in [2.05, 4.69) is 11.6 Å². The Morgan fingerprint density at radius 3 is 2.21 bits per heavy atom. The third-order valence-electron chi connectivity index (χ3n) is 3.02. The van der Waals surface area contributed by atoms with Crippen molar-refractivity contribution >= 4 is 10.0 Å². The maximum Gasteiger partial charge on any atom is 0.241 e. The van der Waals surface area contributed by atoms with Gasteiger partial charge in [0.05, 0.1) is 4.90 Å². The van der Waals surface area contributed by atoms with Crippen LogP contribution in [0.4, 0.5) is 4.39 Å². The first-order chi connectivity index (χ1) is 8.88. The number of hydrogen-bond donors (Lipinski definition) is 1. The van der Waals surface area contributed by atoms with E-state index >= 15 is 0 Å². The summed E-state index contributed by atoms with van der Waals surface area (Å²) in [5.41, 5.74) is 0.886. The Balaban J connectivity index is 2.78. The summed E-state index contributed by atoms with van der Waals surface area (Å²) in [6, 6.07) is 2.50. The molecule has 0 radical (unpaired) electrons. The normalized spacial score (nSPS) is 11.8. The Hall–Kier alpha value is -0.940. The smallest absolute Gasteiger partial charge is 0.211 e. The summed E-state index contributed by atoms with van der Waals surface area (Å²) in [6.45, 7) is 5.76. The minimum Gasteiger partial charge on any atom is -0.211 e. The van der Waals surface area contributed by atoms with Crippen LogP contribution in [0.15, 0.2) is 17.0 Å². The highest BCUT2D eigenvalue weighted by molar-refractivity contribution is 7.89. The van der Waals surface area contributed by atoms with Gasteiger partial charge in [0.15, 0.2) is 0 Å². The largest absolute Gasteiger partial charge is 0.241 e. The highest BCUT2D eigenvalue weighted by Crippen LogP contribution is 2.21. The van der Waals surface area contributed by atoms with Crippen molar-refractivity contribution in [1.29, 1.82) is 0 Å². The Morgan fingerprint density at radius 2 is 1.68 bits per heavy atom. The van der Waals surface area contributed by atoms with Crippen LogP contribution in [-0.2, 0) is 10.0 Å². The van der Waals surface area contributed by atoms with E-state index in [-0.39, 0.29) is 4.90 Å². The lowest BCUT2D eigenvalue weighted by atomic mass is 10.1. The van der Waals surface area contributed by atoms with Gasteiger partial charge in [-0.1, -0.05) is 26.2 Å². The van der Waals surface area contributed by atoms with Crippen LogP contribution >= 0.6 is 0 Å². The number of halogens is 1. The van der Waals surface area contributed by atoms with Crippen LogP contribution in [0.1, 0.15) is 43.7 Å². The van der Waals surface area contributed by atoms with Crippen LogP contribution in [0, 0.1) is 19.7 Å². The molecule has 0 fully saturated rings. The quantitative estimate of drug-likeness (QED) is 0.782. The van der Waals surface area contributed by atoms with Crippen molar-refractivity contribution in [2.75, 3.05) is 6.54 Å². The molecular formula is C14H22FNO2S. The second-order valence-electron chi connectivity index (χ2n) is 4.83. The molecule has 0 aliphatic carbocycles. The Labute approximate surface area is 115 Å². The van der Waals surface area contributed by atoms with Crippen molar-refractivity contribution in [2.45, 2.75) is 51.3 Å². The molecule has 3 nitrogen and oxygen atoms in total. The van der Waals surface area contributed by atoms with Crippen LogP contribution < -0.4 is 4.72 Å². The fourth-order valence-electron chi connectivity index (χ4n) is 2.15. The molecule has 0 unspecified atom stereocenters. The molecule has 0 aliphatic heterocycles. The molecule has 108 valence electrons. The first kappa shape index (κ1) is 16.1. The molecule has 0 aromatic heterocycles. The van der Waals surface area contributed by atoms with Crippen LogP contribution in [0.25, 0.3) is 0 Å². The van der Waals surface area contributed by atoms with E-state index in [0.29, 0.717) is 17.7 Å². The van der Waals surface area contributed by atoms with E-state index in [0.717, 1.165) is 25.7 Å². The second-order valence-corrected chi connectivity index (χ2v) is 6.53. The van der Waals surface area contributed by atoms with Gasteiger partial charge in [-0.25, -0.2) is 17.5 Å². The number of unbranched alkanes of at least 4 members (excludes halogenated alkanes) is 3. The molecule has 1 rings (SSSR count). The molecule has 0 saturated heterocycles. The summed E-state index contributed by atoms with van der Waals surface area (Å²) in [6.07, 6.45) is 4.06. The molecule has 0 bridgehead atoms. The summed E-state index contributed by atoms with van der Waals surface area (Å²) in [5.74, 6) is -0.406. The maximum atomic E-state index is 13.2. The molecule has 0 spiro atoms. The van der Waals surface area contributed by atoms with E-state index in [1.54, 1.807) is 13.8 Å². The lowest BCUT2D eigenvalue weighted by molar-refractivity contribution is 0.571. The first-order valence-corrected chi connectivity index (χ1v) is 8.13. The van der Waals surface area contributed by atoms with E-state index in [9.17, 15) is 12.8 Å². The summed E-state index contributed by atoms with van der Waals surface area (Å²) in [4.78, 5) is 0.199. The fourth-order valence-corrected chi connectivity index (χ4v) is 3.67. The molecule has 0 amide bonds. The van der Waals surface area contributed by atoms with Gasteiger partial charge >= 0.3 is 0 Å². The van der Waals surface area contributed by atoms with Crippen molar-refractivity contribution in [1.82, 2.24) is 4.72 Å². The predicted molar refractivity (Wildman–Crippen MR) is 75.2 cm³/mol. The molecule has 1 N–H and O–H groups in total. The summed E-state index contributed by atoms with van der Waals surface area (Å²) in [7, 11) is -3.54. The van der Waals surface area contributed by atoms with Crippen molar-refractivity contribution in [3.8, 4) is 0 Å². The Morgan fingerprint density at radius 1 is 1.11 bits per heavy atom. The van der Waals surface area contributed by atoms with Gasteiger partial charge in [0.25, 0.3) is 0 Å². The molecular weight excluding hydrogens is 265 g/mol. The third-order valence-corrected chi connectivity index (χ3v) is 4.78. The van der Waals surface area contributed by atoms with E-state index in [1.807, 2.05) is 0 Å². The number of aryl methyl sites for hydroxylation is 2. The molecule has 1 aromatic carbocycles. The predicted octanol–water partition coefficient (Wildman–Crippen LogP) is 3.30.